The maximum Gasteiger partial charge on any atom is 0.407 e. The van der Waals surface area contributed by atoms with Crippen LogP contribution in [0.2, 0.25) is 0 Å². The van der Waals surface area contributed by atoms with E-state index < -0.39 is 11.7 Å². The molecular formula is C11H17N3O3S. The number of nitrogens with zero attached hydrogens (tertiary/aromatic N) is 1. The molecule has 0 aromatic carbocycles. The third-order valence-electron chi connectivity index (χ3n) is 1.83. The van der Waals surface area contributed by atoms with Crippen molar-refractivity contribution in [3.05, 3.63) is 21.9 Å². The van der Waals surface area contributed by atoms with Gasteiger partial charge in [0.1, 0.15) is 5.60 Å². The lowest BCUT2D eigenvalue weighted by Crippen LogP contribution is -2.31. The molecule has 7 heteroatoms. The van der Waals surface area contributed by atoms with Crippen LogP contribution in [0.25, 0.3) is 0 Å². The number of carbonyl (C=O) groups is 1. The minimum absolute atomic E-state index is 0.0588. The third-order valence-corrected chi connectivity index (χ3v) is 2.94. The molecule has 0 unspecified atom stereocenters. The molecule has 0 radical (unpaired) electrons. The van der Waals surface area contributed by atoms with Crippen molar-refractivity contribution in [2.24, 2.45) is 10.9 Å². The highest BCUT2D eigenvalue weighted by atomic mass is 32.1. The average molecular weight is 271 g/mol. The Hall–Kier alpha value is -1.76. The van der Waals surface area contributed by atoms with Crippen LogP contribution in [0, 0.1) is 0 Å². The van der Waals surface area contributed by atoms with Gasteiger partial charge in [-0.15, -0.1) is 11.3 Å². The van der Waals surface area contributed by atoms with Crippen LogP contribution in [0.5, 0.6) is 0 Å². The van der Waals surface area contributed by atoms with Gasteiger partial charge in [-0.1, -0.05) is 5.16 Å². The van der Waals surface area contributed by atoms with Crippen LogP contribution in [0.4, 0.5) is 4.79 Å². The van der Waals surface area contributed by atoms with Crippen molar-refractivity contribution in [2.45, 2.75) is 32.9 Å². The first kappa shape index (κ1) is 14.3. The summed E-state index contributed by atoms with van der Waals surface area (Å²) in [4.78, 5) is 13.0. The molecule has 1 aromatic heterocycles. The Labute approximate surface area is 109 Å². The second-order valence-corrected chi connectivity index (χ2v) is 5.77. The van der Waals surface area contributed by atoms with E-state index in [0.717, 1.165) is 4.88 Å². The zero-order valence-corrected chi connectivity index (χ0v) is 11.4. The standard InChI is InChI=1S/C11H17N3O3S/c1-11(2,3)17-10(15)13-6-7-4-5-8(18-7)9(12)14-16/h4-5,16H,6H2,1-3H3,(H2,12,14)(H,13,15). The topological polar surface area (TPSA) is 96.9 Å². The lowest BCUT2D eigenvalue weighted by atomic mass is 10.2. The Morgan fingerprint density at radius 3 is 2.78 bits per heavy atom. The van der Waals surface area contributed by atoms with Gasteiger partial charge in [0.15, 0.2) is 5.84 Å². The predicted molar refractivity (Wildman–Crippen MR) is 69.9 cm³/mol. The van der Waals surface area contributed by atoms with Crippen LogP contribution in [-0.4, -0.2) is 22.7 Å². The van der Waals surface area contributed by atoms with E-state index in [1.54, 1.807) is 32.9 Å². The van der Waals surface area contributed by atoms with E-state index in [1.165, 1.54) is 11.3 Å². The second-order valence-electron chi connectivity index (χ2n) is 4.61. The van der Waals surface area contributed by atoms with Gasteiger partial charge in [0.25, 0.3) is 0 Å². The van der Waals surface area contributed by atoms with Gasteiger partial charge >= 0.3 is 6.09 Å². The maximum atomic E-state index is 11.4. The molecule has 0 aliphatic carbocycles. The minimum Gasteiger partial charge on any atom is -0.444 e. The van der Waals surface area contributed by atoms with Crippen molar-refractivity contribution in [3.8, 4) is 0 Å². The molecule has 1 aromatic rings. The molecule has 4 N–H and O–H groups in total. The summed E-state index contributed by atoms with van der Waals surface area (Å²) >= 11 is 1.34. The van der Waals surface area contributed by atoms with E-state index in [9.17, 15) is 4.79 Å². The normalized spacial score (nSPS) is 12.3. The Kier molecular flexibility index (Phi) is 4.55. The molecule has 0 spiro atoms. The first-order valence-corrected chi connectivity index (χ1v) is 6.17. The maximum absolute atomic E-state index is 11.4. The van der Waals surface area contributed by atoms with Gasteiger partial charge in [-0.05, 0) is 32.9 Å². The largest absolute Gasteiger partial charge is 0.444 e. The Balaban J connectivity index is 2.49. The Morgan fingerprint density at radius 2 is 2.22 bits per heavy atom. The van der Waals surface area contributed by atoms with Crippen LogP contribution in [0.1, 0.15) is 30.5 Å². The van der Waals surface area contributed by atoms with Crippen molar-refractivity contribution < 1.29 is 14.7 Å². The Bertz CT molecular complexity index is 449. The minimum atomic E-state index is -0.515. The number of carbonyl (C=O) groups excluding carboxylic acids is 1. The van der Waals surface area contributed by atoms with E-state index >= 15 is 0 Å². The van der Waals surface area contributed by atoms with Gasteiger partial charge in [-0.25, -0.2) is 4.79 Å². The summed E-state index contributed by atoms with van der Waals surface area (Å²) in [5.41, 5.74) is 4.93. The molecule has 100 valence electrons. The lowest BCUT2D eigenvalue weighted by Gasteiger charge is -2.19. The van der Waals surface area contributed by atoms with Crippen molar-refractivity contribution in [3.63, 3.8) is 0 Å². The van der Waals surface area contributed by atoms with Gasteiger partial charge in [-0.3, -0.25) is 0 Å². The molecule has 18 heavy (non-hydrogen) atoms. The highest BCUT2D eigenvalue weighted by Crippen LogP contribution is 2.16. The van der Waals surface area contributed by atoms with Crippen LogP contribution < -0.4 is 11.1 Å². The fourth-order valence-corrected chi connectivity index (χ4v) is 1.98. The summed E-state index contributed by atoms with van der Waals surface area (Å²) in [5, 5.41) is 14.1. The lowest BCUT2D eigenvalue weighted by molar-refractivity contribution is 0.0524. The number of oxime groups is 1. The van der Waals surface area contributed by atoms with Gasteiger partial charge < -0.3 is 21.0 Å². The monoisotopic (exact) mass is 271 g/mol. The number of amides is 1. The highest BCUT2D eigenvalue weighted by molar-refractivity contribution is 7.14. The zero-order valence-electron chi connectivity index (χ0n) is 10.6. The van der Waals surface area contributed by atoms with E-state index in [-0.39, 0.29) is 5.84 Å². The van der Waals surface area contributed by atoms with Gasteiger partial charge in [0, 0.05) is 4.88 Å². The molecule has 0 aliphatic heterocycles. The van der Waals surface area contributed by atoms with E-state index in [0.29, 0.717) is 11.4 Å². The van der Waals surface area contributed by atoms with Crippen LogP contribution in [0.3, 0.4) is 0 Å². The van der Waals surface area contributed by atoms with Crippen LogP contribution in [-0.2, 0) is 11.3 Å². The van der Waals surface area contributed by atoms with Crippen molar-refractivity contribution in [1.82, 2.24) is 5.32 Å². The molecule has 0 bridgehead atoms. The van der Waals surface area contributed by atoms with Crippen molar-refractivity contribution >= 4 is 23.3 Å². The SMILES string of the molecule is CC(C)(C)OC(=O)NCc1ccc(C(N)=NO)s1. The number of hydrogen-bond acceptors (Lipinski definition) is 5. The van der Waals surface area contributed by atoms with Crippen molar-refractivity contribution in [2.75, 3.05) is 0 Å². The number of rotatable bonds is 3. The summed E-state index contributed by atoms with van der Waals surface area (Å²) in [5.74, 6) is 0.0588. The smallest absolute Gasteiger partial charge is 0.407 e. The number of nitrogens with two attached hydrogens (primary N) is 1. The van der Waals surface area contributed by atoms with E-state index in [2.05, 4.69) is 10.5 Å². The number of alkyl carbamates (subject to hydrolysis) is 1. The summed E-state index contributed by atoms with van der Waals surface area (Å²) in [6.45, 7) is 5.75. The molecule has 0 saturated heterocycles. The fourth-order valence-electron chi connectivity index (χ4n) is 1.13. The molecule has 1 amide bonds. The predicted octanol–water partition coefficient (Wildman–Crippen LogP) is 1.87. The van der Waals surface area contributed by atoms with Crippen LogP contribution in [0.15, 0.2) is 17.3 Å². The van der Waals surface area contributed by atoms with E-state index in [4.69, 9.17) is 15.7 Å². The average Bonchev–Trinajstić information content (AvgIpc) is 2.71. The Morgan fingerprint density at radius 1 is 1.56 bits per heavy atom. The summed E-state index contributed by atoms with van der Waals surface area (Å²) in [6.07, 6.45) is -0.471. The summed E-state index contributed by atoms with van der Waals surface area (Å²) < 4.78 is 5.10. The van der Waals surface area contributed by atoms with Crippen LogP contribution >= 0.6 is 11.3 Å². The molecule has 0 atom stereocenters. The second kappa shape index (κ2) is 5.72. The fraction of sp³-hybridized carbons (Fsp3) is 0.455. The molecule has 0 fully saturated rings. The summed E-state index contributed by atoms with van der Waals surface area (Å²) in [7, 11) is 0. The van der Waals surface area contributed by atoms with E-state index in [1.807, 2.05) is 0 Å². The first-order chi connectivity index (χ1) is 8.31. The molecule has 0 saturated carbocycles. The molecule has 0 aliphatic rings. The van der Waals surface area contributed by atoms with Crippen molar-refractivity contribution in [1.29, 1.82) is 0 Å². The number of thiophene rings is 1. The molecule has 6 nitrogen and oxygen atoms in total. The number of hydrogen-bond donors (Lipinski definition) is 3. The first-order valence-electron chi connectivity index (χ1n) is 5.35. The van der Waals surface area contributed by atoms with Gasteiger partial charge in [0.2, 0.25) is 0 Å². The highest BCUT2D eigenvalue weighted by Gasteiger charge is 2.16. The van der Waals surface area contributed by atoms with Gasteiger partial charge in [0.05, 0.1) is 11.4 Å². The zero-order chi connectivity index (χ0) is 13.8. The molecule has 1 rings (SSSR count). The van der Waals surface area contributed by atoms with Gasteiger partial charge in [-0.2, -0.15) is 0 Å². The molecular weight excluding hydrogens is 254 g/mol. The quantitative estimate of drug-likeness (QED) is 0.338. The number of nitrogens with one attached hydrogen (secondary N) is 1. The number of amidine groups is 1. The summed E-state index contributed by atoms with van der Waals surface area (Å²) in [6, 6.07) is 3.53. The third kappa shape index (κ3) is 4.62. The number of ether oxygens (including phenoxy) is 1. The molecule has 1 heterocycles.